The Labute approximate surface area is 495 Å². The van der Waals surface area contributed by atoms with Gasteiger partial charge in [-0.1, -0.05) is 99.8 Å². The van der Waals surface area contributed by atoms with E-state index in [0.29, 0.717) is 38.7 Å². The maximum Gasteiger partial charge on any atom is 0.469 e. The number of hydrogen-bond donors (Lipinski definition) is 7. The maximum absolute atomic E-state index is 13.8. The molecule has 0 unspecified atom stereocenters. The summed E-state index contributed by atoms with van der Waals surface area (Å²) in [6.45, 7) is 2.89. The predicted molar refractivity (Wildman–Crippen MR) is 290 cm³/mol. The number of azide groups is 3. The normalized spacial score (nSPS) is 10.4. The number of nitrogens with two attached hydrogens (primary N) is 1. The van der Waals surface area contributed by atoms with Crippen molar-refractivity contribution < 1.29 is 111 Å². The first kappa shape index (κ1) is 82.4. The Morgan fingerprint density at radius 1 is 0.477 bits per heavy atom. The van der Waals surface area contributed by atoms with Gasteiger partial charge in [-0.15, -0.1) is 5.06 Å². The van der Waals surface area contributed by atoms with Crippen LogP contribution < -0.4 is 16.4 Å². The zero-order chi connectivity index (χ0) is 66.4. The minimum Gasteiger partial charge on any atom is -0.396 e. The van der Waals surface area contributed by atoms with Gasteiger partial charge in [-0.25, -0.2) is 62.0 Å². The molecule has 0 aliphatic rings. The molecular formula is C50H66F12N13O12P. The van der Waals surface area contributed by atoms with Crippen molar-refractivity contribution in [1.29, 1.82) is 0 Å². The second-order valence-electron chi connectivity index (χ2n) is 17.7. The molecule has 0 aromatic heterocycles. The lowest BCUT2D eigenvalue weighted by Gasteiger charge is -2.16. The standard InChI is InChI=1S/C15H19F4N4O5P.C15H18F4N4O2.C11H6F4N4O4.C8H19NO.CH4/c16-10-9(11(17)13(19)14(12(10)18)22-23-20)15(24)21-7-5-3-1-2-4-6-8-28-29(25,26)27;16-10-9(11(17)13(19)14(12(10)18)22-23-20)15(25)21-7-5-3-1-2-4-6-8-24;1-3(20)19(4(2)21)23-11(22)5-6(12)8(14)10(17-18-16)9(15)7(5)13;9-7-5-3-1-2-4-6-8-10;/h1-8H2,(H,21,24)(H2,25,26,27);24H,1-8H2,(H,21,25);1-2H3;10H,1-9H2;1H4. The first-order chi connectivity index (χ1) is 41.1. The number of imide groups is 1. The molecule has 0 saturated heterocycles. The van der Waals surface area contributed by atoms with Gasteiger partial charge in [0.05, 0.1) is 6.61 Å². The molecule has 492 valence electrons. The lowest BCUT2D eigenvalue weighted by Crippen LogP contribution is -2.36. The number of halogens is 12. The van der Waals surface area contributed by atoms with Crippen molar-refractivity contribution in [3.63, 3.8) is 0 Å². The van der Waals surface area contributed by atoms with Gasteiger partial charge < -0.3 is 41.2 Å². The molecular weight excluding hydrogens is 1230 g/mol. The second kappa shape index (κ2) is 44.7. The molecule has 3 aromatic rings. The Morgan fingerprint density at radius 3 is 1.02 bits per heavy atom. The number of aliphatic hydroxyl groups excluding tert-OH is 2. The van der Waals surface area contributed by atoms with E-state index in [1.165, 1.54) is 25.7 Å². The van der Waals surface area contributed by atoms with Crippen LogP contribution in [0.2, 0.25) is 0 Å². The molecule has 3 aromatic carbocycles. The predicted octanol–water partition coefficient (Wildman–Crippen LogP) is 13.2. The van der Waals surface area contributed by atoms with Gasteiger partial charge in [0.25, 0.3) is 23.6 Å². The average molecular weight is 1300 g/mol. The molecule has 0 radical (unpaired) electrons. The van der Waals surface area contributed by atoms with E-state index < -0.39 is 141 Å². The van der Waals surface area contributed by atoms with Crippen LogP contribution in [0.5, 0.6) is 0 Å². The summed E-state index contributed by atoms with van der Waals surface area (Å²) >= 11 is 0. The smallest absolute Gasteiger partial charge is 0.396 e. The van der Waals surface area contributed by atoms with E-state index in [-0.39, 0.29) is 38.8 Å². The molecule has 8 N–H and O–H groups in total. The number of aliphatic hydroxyl groups is 2. The maximum atomic E-state index is 13.8. The van der Waals surface area contributed by atoms with Gasteiger partial charge in [0.1, 0.15) is 33.8 Å². The topological polar surface area (TPSA) is 401 Å². The van der Waals surface area contributed by atoms with Crippen molar-refractivity contribution in [1.82, 2.24) is 15.7 Å². The number of hydrogen-bond acceptors (Lipinski definition) is 14. The van der Waals surface area contributed by atoms with E-state index in [0.717, 1.165) is 78.2 Å². The monoisotopic (exact) mass is 1300 g/mol. The average Bonchev–Trinajstić information content (AvgIpc) is 2.34. The van der Waals surface area contributed by atoms with Crippen molar-refractivity contribution in [2.75, 3.05) is 39.5 Å². The van der Waals surface area contributed by atoms with E-state index in [1.807, 2.05) is 4.91 Å². The third-order valence-corrected chi connectivity index (χ3v) is 11.7. The van der Waals surface area contributed by atoms with Crippen LogP contribution >= 0.6 is 7.82 Å². The van der Waals surface area contributed by atoms with Gasteiger partial charge >= 0.3 is 13.8 Å². The van der Waals surface area contributed by atoms with Crippen LogP contribution in [-0.4, -0.2) is 94.1 Å². The molecule has 0 heterocycles. The van der Waals surface area contributed by atoms with E-state index in [9.17, 15) is 81.2 Å². The minimum absolute atomic E-state index is 0. The van der Waals surface area contributed by atoms with Crippen LogP contribution in [0, 0.1) is 69.8 Å². The number of benzene rings is 3. The van der Waals surface area contributed by atoms with Crippen LogP contribution in [0.15, 0.2) is 15.3 Å². The summed E-state index contributed by atoms with van der Waals surface area (Å²) in [5.74, 6) is -31.2. The van der Waals surface area contributed by atoms with E-state index in [1.54, 1.807) is 0 Å². The van der Waals surface area contributed by atoms with Gasteiger partial charge in [0, 0.05) is 54.9 Å². The van der Waals surface area contributed by atoms with Gasteiger partial charge in [-0.3, -0.25) is 23.7 Å². The van der Waals surface area contributed by atoms with E-state index >= 15 is 0 Å². The molecule has 0 aliphatic heterocycles. The van der Waals surface area contributed by atoms with Gasteiger partial charge in [-0.05, 0) is 61.7 Å². The zero-order valence-corrected chi connectivity index (χ0v) is 47.5. The summed E-state index contributed by atoms with van der Waals surface area (Å²) in [5.41, 5.74) is 20.5. The number of carbonyl (C=O) groups excluding carboxylic acids is 5. The quantitative estimate of drug-likeness (QED) is 0.00461. The van der Waals surface area contributed by atoms with Crippen molar-refractivity contribution in [3.8, 4) is 0 Å². The fourth-order valence-corrected chi connectivity index (χ4v) is 7.29. The Bertz CT molecular complexity index is 2900. The highest BCUT2D eigenvalue weighted by atomic mass is 31.2. The Morgan fingerprint density at radius 2 is 0.750 bits per heavy atom. The molecule has 0 bridgehead atoms. The molecule has 4 amide bonds. The molecule has 0 fully saturated rings. The Balaban J connectivity index is 0. The molecule has 38 heteroatoms. The van der Waals surface area contributed by atoms with Crippen LogP contribution in [0.25, 0.3) is 31.3 Å². The molecule has 0 atom stereocenters. The first-order valence-electron chi connectivity index (χ1n) is 26.0. The number of rotatable bonds is 31. The molecule has 0 spiro atoms. The Kier molecular flexibility index (Phi) is 41.8. The number of nitrogens with zero attached hydrogens (tertiary/aromatic N) is 10. The van der Waals surface area contributed by atoms with Crippen LogP contribution in [0.4, 0.5) is 69.7 Å². The van der Waals surface area contributed by atoms with Gasteiger partial charge in [0.15, 0.2) is 69.8 Å². The van der Waals surface area contributed by atoms with E-state index in [2.05, 4.69) is 45.2 Å². The summed E-state index contributed by atoms with van der Waals surface area (Å²) in [5, 5.41) is 28.8. The van der Waals surface area contributed by atoms with E-state index in [4.69, 9.17) is 42.3 Å². The molecule has 0 saturated carbocycles. The molecule has 3 rings (SSSR count). The fraction of sp³-hybridized carbons (Fsp3) is 0.540. The number of amides is 4. The third-order valence-electron chi connectivity index (χ3n) is 11.2. The highest BCUT2D eigenvalue weighted by Crippen LogP contribution is 2.36. The lowest BCUT2D eigenvalue weighted by atomic mass is 10.1. The summed E-state index contributed by atoms with van der Waals surface area (Å²) in [7, 11) is -4.45. The van der Waals surface area contributed by atoms with Crippen molar-refractivity contribution in [2.45, 2.75) is 137 Å². The SMILES string of the molecule is C.CC(=O)N(OC(=O)c1c(F)c(F)c(N=[N+]=[N-])c(F)c1F)C(C)=O.NCCCCCCCCO.[N-]=[N+]=Nc1c(F)c(F)c(C(=O)NCCCCCCCCO)c(F)c1F.[N-]=[N+]=Nc1c(F)c(F)c(C(=O)NCCCCCCCCOP(=O)(O)O)c(F)c1F. The lowest BCUT2D eigenvalue weighted by molar-refractivity contribution is -0.177. The number of hydroxylamine groups is 2. The summed E-state index contributed by atoms with van der Waals surface area (Å²) in [6.07, 6.45) is 15.3. The third kappa shape index (κ3) is 28.4. The van der Waals surface area contributed by atoms with Crippen LogP contribution in [0.1, 0.15) is 168 Å². The van der Waals surface area contributed by atoms with Crippen molar-refractivity contribution >= 4 is 54.5 Å². The minimum atomic E-state index is -4.45. The number of unbranched alkanes of at least 4 members (excludes halogenated alkanes) is 15. The summed E-state index contributed by atoms with van der Waals surface area (Å²) in [4.78, 5) is 84.5. The highest BCUT2D eigenvalue weighted by Gasteiger charge is 2.34. The number of phosphoric ester groups is 1. The molecule has 88 heavy (non-hydrogen) atoms. The van der Waals surface area contributed by atoms with Crippen LogP contribution in [0.3, 0.4) is 0 Å². The van der Waals surface area contributed by atoms with Crippen molar-refractivity contribution in [2.24, 2.45) is 21.1 Å². The largest absolute Gasteiger partial charge is 0.469 e. The highest BCUT2D eigenvalue weighted by molar-refractivity contribution is 7.46. The summed E-state index contributed by atoms with van der Waals surface area (Å²) < 4.78 is 179. The van der Waals surface area contributed by atoms with Gasteiger partial charge in [-0.2, -0.15) is 0 Å². The second-order valence-corrected chi connectivity index (χ2v) is 18.9. The van der Waals surface area contributed by atoms with Gasteiger partial charge in [0.2, 0.25) is 0 Å². The number of carbonyl (C=O) groups is 5. The Hall–Kier alpha value is -7.71. The zero-order valence-electron chi connectivity index (χ0n) is 46.6. The van der Waals surface area contributed by atoms with Crippen LogP contribution in [-0.2, 0) is 23.5 Å². The van der Waals surface area contributed by atoms with Crippen molar-refractivity contribution in [3.05, 3.63) is 118 Å². The molecule has 0 aliphatic carbocycles. The fourth-order valence-electron chi connectivity index (χ4n) is 6.92. The summed E-state index contributed by atoms with van der Waals surface area (Å²) in [6, 6.07) is 0. The first-order valence-corrected chi connectivity index (χ1v) is 27.6. The number of phosphoric acid groups is 1. The molecule has 25 nitrogen and oxygen atoms in total. The number of nitrogens with one attached hydrogen (secondary N) is 2.